The maximum absolute atomic E-state index is 11.2. The monoisotopic (exact) mass is 366 g/mol. The lowest BCUT2D eigenvalue weighted by molar-refractivity contribution is -0.139. The Kier molecular flexibility index (Phi) is 4.59. The van der Waals surface area contributed by atoms with Crippen LogP contribution in [0.3, 0.4) is 0 Å². The van der Waals surface area contributed by atoms with Gasteiger partial charge >= 0.3 is 5.97 Å². The molecule has 6 heteroatoms. The third-order valence-electron chi connectivity index (χ3n) is 5.13. The van der Waals surface area contributed by atoms with Crippen molar-refractivity contribution in [3.05, 3.63) is 54.1 Å². The predicted molar refractivity (Wildman–Crippen MR) is 104 cm³/mol. The summed E-state index contributed by atoms with van der Waals surface area (Å²) in [7, 11) is 1.64. The van der Waals surface area contributed by atoms with Crippen LogP contribution in [0.15, 0.2) is 43.0 Å². The van der Waals surface area contributed by atoms with Gasteiger partial charge in [0.1, 0.15) is 11.8 Å². The van der Waals surface area contributed by atoms with E-state index in [-0.39, 0.29) is 12.3 Å². The van der Waals surface area contributed by atoms with Crippen LogP contribution in [0, 0.1) is 0 Å². The highest BCUT2D eigenvalue weighted by molar-refractivity contribution is 5.85. The normalized spacial score (nSPS) is 23.1. The molecule has 1 fully saturated rings. The van der Waals surface area contributed by atoms with Crippen molar-refractivity contribution in [2.75, 3.05) is 19.0 Å². The van der Waals surface area contributed by atoms with Crippen LogP contribution in [0.5, 0.6) is 5.75 Å². The smallest absolute Gasteiger partial charge is 0.320 e. The first-order valence-corrected chi connectivity index (χ1v) is 8.92. The molecule has 0 amide bonds. The van der Waals surface area contributed by atoms with Gasteiger partial charge in [-0.3, -0.25) is 4.79 Å². The molecule has 0 aromatic heterocycles. The summed E-state index contributed by atoms with van der Waals surface area (Å²) in [5.74, 6) is -0.0881. The van der Waals surface area contributed by atoms with E-state index in [1.807, 2.05) is 30.3 Å². The lowest BCUT2D eigenvalue weighted by Crippen LogP contribution is -2.30. The average Bonchev–Trinajstić information content (AvgIpc) is 3.16. The van der Waals surface area contributed by atoms with Gasteiger partial charge in [0, 0.05) is 35.3 Å². The molecule has 27 heavy (non-hydrogen) atoms. The van der Waals surface area contributed by atoms with Crippen molar-refractivity contribution in [3.8, 4) is 16.9 Å². The van der Waals surface area contributed by atoms with Gasteiger partial charge in [-0.2, -0.15) is 0 Å². The number of rotatable bonds is 5. The van der Waals surface area contributed by atoms with E-state index in [4.69, 9.17) is 9.47 Å². The van der Waals surface area contributed by atoms with Crippen molar-refractivity contribution in [2.45, 2.75) is 24.8 Å². The van der Waals surface area contributed by atoms with Crippen LogP contribution >= 0.6 is 0 Å². The van der Waals surface area contributed by atoms with E-state index in [1.165, 1.54) is 0 Å². The van der Waals surface area contributed by atoms with Crippen molar-refractivity contribution in [3.63, 3.8) is 0 Å². The summed E-state index contributed by atoms with van der Waals surface area (Å²) in [5, 5.41) is 15.6. The first-order chi connectivity index (χ1) is 13.1. The molecule has 0 aliphatic carbocycles. The van der Waals surface area contributed by atoms with Crippen LogP contribution in [0.1, 0.15) is 23.8 Å². The Morgan fingerprint density at radius 2 is 2.11 bits per heavy atom. The van der Waals surface area contributed by atoms with Crippen LogP contribution in [0.4, 0.5) is 5.69 Å². The molecule has 2 aliphatic rings. The van der Waals surface area contributed by atoms with Crippen LogP contribution < -0.4 is 15.4 Å². The molecule has 0 saturated carbocycles. The topological polar surface area (TPSA) is 79.8 Å². The summed E-state index contributed by atoms with van der Waals surface area (Å²) in [6.45, 7) is 4.38. The zero-order chi connectivity index (χ0) is 19.0. The van der Waals surface area contributed by atoms with Gasteiger partial charge in [0.15, 0.2) is 6.23 Å². The molecule has 4 rings (SSSR count). The van der Waals surface area contributed by atoms with Crippen LogP contribution in [-0.2, 0) is 9.53 Å². The lowest BCUT2D eigenvalue weighted by atomic mass is 9.91. The highest BCUT2D eigenvalue weighted by Crippen LogP contribution is 2.44. The summed E-state index contributed by atoms with van der Waals surface area (Å²) in [4.78, 5) is 11.2. The summed E-state index contributed by atoms with van der Waals surface area (Å²) in [6, 6.07) is 11.5. The van der Waals surface area contributed by atoms with Crippen molar-refractivity contribution >= 4 is 17.7 Å². The minimum atomic E-state index is -0.845. The van der Waals surface area contributed by atoms with E-state index in [9.17, 15) is 9.90 Å². The van der Waals surface area contributed by atoms with Gasteiger partial charge in [-0.25, -0.2) is 0 Å². The van der Waals surface area contributed by atoms with Gasteiger partial charge < -0.3 is 25.2 Å². The summed E-state index contributed by atoms with van der Waals surface area (Å²) in [6.07, 6.45) is 1.64. The van der Waals surface area contributed by atoms with Crippen molar-refractivity contribution in [1.29, 1.82) is 0 Å². The third-order valence-corrected chi connectivity index (χ3v) is 5.13. The number of methoxy groups -OCH3 is 1. The molecule has 2 aliphatic heterocycles. The van der Waals surface area contributed by atoms with Gasteiger partial charge in [0.25, 0.3) is 0 Å². The number of nitrogens with one attached hydrogen (secondary N) is 2. The molecule has 3 atom stereocenters. The molecule has 140 valence electrons. The largest absolute Gasteiger partial charge is 0.496 e. The molecular formula is C21H22N2O4. The maximum Gasteiger partial charge on any atom is 0.320 e. The van der Waals surface area contributed by atoms with Gasteiger partial charge in [-0.05, 0) is 23.8 Å². The SMILES string of the molecule is C=Cc1cc2c(cc1OC)-c1ccccc1NC2O[C@H]1CN[C@H](C(=O)O)C1. The summed E-state index contributed by atoms with van der Waals surface area (Å²) >= 11 is 0. The predicted octanol–water partition coefficient (Wildman–Crippen LogP) is 3.26. The summed E-state index contributed by atoms with van der Waals surface area (Å²) in [5.41, 5.74) is 4.97. The molecule has 2 aromatic rings. The zero-order valence-electron chi connectivity index (χ0n) is 15.1. The molecule has 0 bridgehead atoms. The number of carbonyl (C=O) groups is 1. The van der Waals surface area contributed by atoms with Crippen molar-refractivity contribution < 1.29 is 19.4 Å². The number of carboxylic acid groups (broad SMARTS) is 1. The van der Waals surface area contributed by atoms with Crippen LogP contribution in [-0.4, -0.2) is 36.9 Å². The molecule has 1 saturated heterocycles. The minimum absolute atomic E-state index is 0.184. The number of hydrogen-bond acceptors (Lipinski definition) is 5. The highest BCUT2D eigenvalue weighted by atomic mass is 16.5. The quantitative estimate of drug-likeness (QED) is 0.754. The third kappa shape index (κ3) is 3.18. The Morgan fingerprint density at radius 1 is 1.30 bits per heavy atom. The van der Waals surface area contributed by atoms with E-state index in [0.29, 0.717) is 13.0 Å². The fraction of sp³-hybridized carbons (Fsp3) is 0.286. The average molecular weight is 366 g/mol. The van der Waals surface area contributed by atoms with E-state index in [1.54, 1.807) is 13.2 Å². The summed E-state index contributed by atoms with van der Waals surface area (Å²) < 4.78 is 11.8. The number of para-hydroxylation sites is 1. The maximum atomic E-state index is 11.2. The number of anilines is 1. The fourth-order valence-electron chi connectivity index (χ4n) is 3.76. The van der Waals surface area contributed by atoms with Gasteiger partial charge in [-0.15, -0.1) is 0 Å². The second-order valence-electron chi connectivity index (χ2n) is 6.75. The molecule has 6 nitrogen and oxygen atoms in total. The van der Waals surface area contributed by atoms with Crippen LogP contribution in [0.25, 0.3) is 17.2 Å². The molecule has 0 spiro atoms. The fourth-order valence-corrected chi connectivity index (χ4v) is 3.76. The number of aliphatic carboxylic acids is 1. The molecule has 0 radical (unpaired) electrons. The Morgan fingerprint density at radius 3 is 2.81 bits per heavy atom. The number of fused-ring (bicyclic) bond motifs is 3. The number of hydrogen-bond donors (Lipinski definition) is 3. The number of ether oxygens (including phenoxy) is 2. The standard InChI is InChI=1S/C21H22N2O4/c1-3-12-8-16-15(10-19(12)26-2)14-6-4-5-7-17(14)23-20(16)27-13-9-18(21(24)25)22-11-13/h3-8,10,13,18,20,22-23H,1,9,11H2,2H3,(H,24,25)/t13-,18+,20?/m1/s1. The lowest BCUT2D eigenvalue weighted by Gasteiger charge is -2.32. The first kappa shape index (κ1) is 17.6. The van der Waals surface area contributed by atoms with Crippen molar-refractivity contribution in [1.82, 2.24) is 5.32 Å². The van der Waals surface area contributed by atoms with Gasteiger partial charge in [-0.1, -0.05) is 30.9 Å². The first-order valence-electron chi connectivity index (χ1n) is 8.92. The number of benzene rings is 2. The Hall–Kier alpha value is -2.83. The van der Waals surface area contributed by atoms with E-state index in [2.05, 4.69) is 23.3 Å². The molecule has 3 N–H and O–H groups in total. The van der Waals surface area contributed by atoms with E-state index in [0.717, 1.165) is 33.7 Å². The second-order valence-corrected chi connectivity index (χ2v) is 6.75. The Balaban J connectivity index is 1.71. The zero-order valence-corrected chi connectivity index (χ0v) is 15.1. The van der Waals surface area contributed by atoms with E-state index >= 15 is 0 Å². The minimum Gasteiger partial charge on any atom is -0.496 e. The van der Waals surface area contributed by atoms with Gasteiger partial charge in [0.2, 0.25) is 0 Å². The molecular weight excluding hydrogens is 344 g/mol. The molecule has 2 heterocycles. The van der Waals surface area contributed by atoms with Crippen molar-refractivity contribution in [2.24, 2.45) is 0 Å². The second kappa shape index (κ2) is 7.06. The van der Waals surface area contributed by atoms with Crippen LogP contribution in [0.2, 0.25) is 0 Å². The highest BCUT2D eigenvalue weighted by Gasteiger charge is 2.34. The van der Waals surface area contributed by atoms with E-state index < -0.39 is 12.0 Å². The number of carboxylic acids is 1. The molecule has 1 unspecified atom stereocenters. The molecule has 2 aromatic carbocycles. The van der Waals surface area contributed by atoms with Gasteiger partial charge in [0.05, 0.1) is 13.2 Å². The Labute approximate surface area is 157 Å². The Bertz CT molecular complexity index is 896.